The highest BCUT2D eigenvalue weighted by Crippen LogP contribution is 2.33. The summed E-state index contributed by atoms with van der Waals surface area (Å²) in [5.41, 5.74) is 8.77. The van der Waals surface area contributed by atoms with Gasteiger partial charge in [-0.3, -0.25) is 0 Å². The molecular formula is C15H21N2O2S+. The van der Waals surface area contributed by atoms with Crippen molar-refractivity contribution < 1.29 is 14.5 Å². The number of hydrogen-bond donors (Lipinski definition) is 1. The molecule has 2 aromatic rings. The van der Waals surface area contributed by atoms with Gasteiger partial charge in [0, 0.05) is 13.0 Å². The summed E-state index contributed by atoms with van der Waals surface area (Å²) in [6.07, 6.45) is 3.08. The van der Waals surface area contributed by atoms with E-state index in [1.807, 2.05) is 19.9 Å². The smallest absolute Gasteiger partial charge is 0.350 e. The first-order chi connectivity index (χ1) is 9.54. The molecular weight excluding hydrogens is 272 g/mol. The van der Waals surface area contributed by atoms with Gasteiger partial charge >= 0.3 is 5.97 Å². The van der Waals surface area contributed by atoms with Gasteiger partial charge in [0.05, 0.1) is 17.7 Å². The van der Waals surface area contributed by atoms with Gasteiger partial charge in [0.2, 0.25) is 0 Å². The van der Waals surface area contributed by atoms with Gasteiger partial charge in [0.15, 0.2) is 5.69 Å². The van der Waals surface area contributed by atoms with Gasteiger partial charge in [0.25, 0.3) is 4.83 Å². The molecule has 108 valence electrons. The molecule has 0 unspecified atom stereocenters. The molecule has 2 aromatic heterocycles. The lowest BCUT2D eigenvalue weighted by atomic mass is 10.1. The van der Waals surface area contributed by atoms with E-state index in [1.165, 1.54) is 11.3 Å². The average Bonchev–Trinajstić information content (AvgIpc) is 2.71. The average molecular weight is 293 g/mol. The first-order valence-corrected chi connectivity index (χ1v) is 7.74. The van der Waals surface area contributed by atoms with Crippen LogP contribution in [0.5, 0.6) is 0 Å². The summed E-state index contributed by atoms with van der Waals surface area (Å²) in [7, 11) is 0. The summed E-state index contributed by atoms with van der Waals surface area (Å²) in [5.74, 6) is -0.315. The molecule has 0 spiro atoms. The second kappa shape index (κ2) is 6.22. The number of pyridine rings is 1. The number of nitrogens with one attached hydrogen (secondary N) is 1. The number of nitrogens with two attached hydrogens (primary N) is 1. The summed E-state index contributed by atoms with van der Waals surface area (Å²) in [6.45, 7) is 6.57. The molecule has 4 nitrogen and oxygen atoms in total. The molecule has 2 heterocycles. The number of carbonyl (C=O) groups is 1. The van der Waals surface area contributed by atoms with Crippen LogP contribution in [0.4, 0.5) is 5.69 Å². The van der Waals surface area contributed by atoms with Crippen molar-refractivity contribution in [1.29, 1.82) is 0 Å². The number of fused-ring (bicyclic) bond motifs is 1. The van der Waals surface area contributed by atoms with Gasteiger partial charge in [0.1, 0.15) is 4.88 Å². The number of H-pyrrole nitrogens is 1. The summed E-state index contributed by atoms with van der Waals surface area (Å²) < 4.78 is 5.29. The zero-order valence-corrected chi connectivity index (χ0v) is 13.0. The van der Waals surface area contributed by atoms with Crippen molar-refractivity contribution in [3.05, 3.63) is 22.2 Å². The van der Waals surface area contributed by atoms with Gasteiger partial charge in [-0.15, -0.1) is 0 Å². The Kier molecular flexibility index (Phi) is 4.60. The number of carbonyl (C=O) groups excluding carboxylic acids is 1. The zero-order valence-electron chi connectivity index (χ0n) is 12.2. The quantitative estimate of drug-likeness (QED) is 0.679. The van der Waals surface area contributed by atoms with Gasteiger partial charge in [-0.2, -0.15) is 4.98 Å². The Balaban J connectivity index is 2.24. The van der Waals surface area contributed by atoms with Crippen LogP contribution in [0.2, 0.25) is 0 Å². The van der Waals surface area contributed by atoms with Gasteiger partial charge < -0.3 is 10.5 Å². The highest BCUT2D eigenvalue weighted by molar-refractivity contribution is 7.20. The summed E-state index contributed by atoms with van der Waals surface area (Å²) in [5, 5.41) is 0.932. The normalized spacial score (nSPS) is 10.9. The predicted molar refractivity (Wildman–Crippen MR) is 82.1 cm³/mol. The lowest BCUT2D eigenvalue weighted by molar-refractivity contribution is -0.351. The minimum Gasteiger partial charge on any atom is -0.461 e. The molecule has 5 heteroatoms. The SMILES string of the molecule is CCCCCOC(=O)c1sc2[nH+]c(C)cc(C)c2c1N. The minimum absolute atomic E-state index is 0.315. The Labute approximate surface area is 123 Å². The molecule has 0 aromatic carbocycles. The van der Waals surface area contributed by atoms with Crippen molar-refractivity contribution in [3.63, 3.8) is 0 Å². The van der Waals surface area contributed by atoms with Crippen molar-refractivity contribution in [3.8, 4) is 0 Å². The highest BCUT2D eigenvalue weighted by atomic mass is 32.1. The second-order valence-corrected chi connectivity index (χ2v) is 6.05. The number of rotatable bonds is 5. The first kappa shape index (κ1) is 14.8. The van der Waals surface area contributed by atoms with Gasteiger partial charge in [-0.05, 0) is 18.9 Å². The van der Waals surface area contributed by atoms with Crippen molar-refractivity contribution in [2.45, 2.75) is 40.0 Å². The third-order valence-electron chi connectivity index (χ3n) is 3.25. The van der Waals surface area contributed by atoms with Crippen molar-refractivity contribution >= 4 is 33.2 Å². The van der Waals surface area contributed by atoms with Gasteiger partial charge in [-0.25, -0.2) is 4.79 Å². The van der Waals surface area contributed by atoms with Crippen molar-refractivity contribution in [2.24, 2.45) is 0 Å². The van der Waals surface area contributed by atoms with Crippen LogP contribution >= 0.6 is 11.3 Å². The molecule has 20 heavy (non-hydrogen) atoms. The number of ether oxygens (including phenoxy) is 1. The van der Waals surface area contributed by atoms with E-state index in [1.54, 1.807) is 0 Å². The number of anilines is 1. The summed E-state index contributed by atoms with van der Waals surface area (Å²) in [6, 6.07) is 2.03. The Bertz CT molecular complexity index is 634. The van der Waals surface area contributed by atoms with E-state index in [0.29, 0.717) is 17.2 Å². The standard InChI is InChI=1S/C15H20N2O2S/c1-4-5-6-7-19-15(18)13-12(16)11-9(2)8-10(3)17-14(11)20-13/h8H,4-7,16H2,1-3H3/p+1. The summed E-state index contributed by atoms with van der Waals surface area (Å²) in [4.78, 5) is 16.8. The lowest BCUT2D eigenvalue weighted by Gasteiger charge is -2.03. The Morgan fingerprint density at radius 2 is 2.15 bits per heavy atom. The number of thiophene rings is 1. The molecule has 0 fully saturated rings. The number of aromatic nitrogens is 1. The maximum atomic E-state index is 12.1. The van der Waals surface area contributed by atoms with Gasteiger partial charge in [-0.1, -0.05) is 31.1 Å². The van der Waals surface area contributed by atoms with Crippen LogP contribution in [0.3, 0.4) is 0 Å². The van der Waals surface area contributed by atoms with Crippen LogP contribution in [0, 0.1) is 13.8 Å². The van der Waals surface area contributed by atoms with E-state index in [9.17, 15) is 4.79 Å². The summed E-state index contributed by atoms with van der Waals surface area (Å²) >= 11 is 1.37. The molecule has 0 atom stereocenters. The van der Waals surface area contributed by atoms with E-state index < -0.39 is 0 Å². The molecule has 0 aliphatic carbocycles. The number of esters is 1. The Morgan fingerprint density at radius 1 is 1.40 bits per heavy atom. The maximum absolute atomic E-state index is 12.1. The fraction of sp³-hybridized carbons (Fsp3) is 0.467. The van der Waals surface area contributed by atoms with E-state index in [-0.39, 0.29) is 5.97 Å². The fourth-order valence-corrected chi connectivity index (χ4v) is 3.41. The second-order valence-electron chi connectivity index (χ2n) is 5.03. The number of unbranched alkanes of at least 4 members (excludes halogenated alkanes) is 2. The molecule has 0 saturated heterocycles. The molecule has 3 N–H and O–H groups in total. The lowest BCUT2D eigenvalue weighted by Crippen LogP contribution is -2.07. The molecule has 0 bridgehead atoms. The van der Waals surface area contributed by atoms with E-state index in [4.69, 9.17) is 10.5 Å². The van der Waals surface area contributed by atoms with E-state index >= 15 is 0 Å². The van der Waals surface area contributed by atoms with E-state index in [0.717, 1.165) is 40.7 Å². The number of aromatic amines is 1. The van der Waals surface area contributed by atoms with Crippen molar-refractivity contribution in [2.75, 3.05) is 12.3 Å². The Morgan fingerprint density at radius 3 is 2.85 bits per heavy atom. The van der Waals surface area contributed by atoms with E-state index in [2.05, 4.69) is 11.9 Å². The number of aryl methyl sites for hydroxylation is 2. The van der Waals surface area contributed by atoms with Crippen LogP contribution in [0.15, 0.2) is 6.07 Å². The van der Waals surface area contributed by atoms with Crippen LogP contribution in [0.25, 0.3) is 10.2 Å². The van der Waals surface area contributed by atoms with Crippen molar-refractivity contribution in [1.82, 2.24) is 0 Å². The largest absolute Gasteiger partial charge is 0.461 e. The third kappa shape index (κ3) is 2.93. The maximum Gasteiger partial charge on any atom is 0.350 e. The number of hydrogen-bond acceptors (Lipinski definition) is 4. The molecule has 0 radical (unpaired) electrons. The molecule has 0 aliphatic heterocycles. The molecule has 0 aliphatic rings. The number of nitrogen functional groups attached to an aromatic ring is 1. The predicted octanol–water partition coefficient (Wildman–Crippen LogP) is 3.26. The van der Waals surface area contributed by atoms with Crippen LogP contribution in [0.1, 0.15) is 47.1 Å². The zero-order chi connectivity index (χ0) is 14.7. The fourth-order valence-electron chi connectivity index (χ4n) is 2.27. The van der Waals surface area contributed by atoms with Crippen LogP contribution < -0.4 is 10.7 Å². The minimum atomic E-state index is -0.315. The molecule has 2 rings (SSSR count). The Hall–Kier alpha value is -1.62. The van der Waals surface area contributed by atoms with Crippen LogP contribution in [-0.4, -0.2) is 12.6 Å². The van der Waals surface area contributed by atoms with Crippen LogP contribution in [-0.2, 0) is 4.74 Å². The highest BCUT2D eigenvalue weighted by Gasteiger charge is 2.22. The topological polar surface area (TPSA) is 66.5 Å². The monoisotopic (exact) mass is 293 g/mol. The third-order valence-corrected chi connectivity index (χ3v) is 4.35. The molecule has 0 amide bonds. The molecule has 0 saturated carbocycles. The first-order valence-electron chi connectivity index (χ1n) is 6.93.